The normalized spacial score (nSPS) is 19.0. The van der Waals surface area contributed by atoms with Gasteiger partial charge in [0.15, 0.2) is 0 Å². The van der Waals surface area contributed by atoms with Crippen LogP contribution in [0.15, 0.2) is 17.5 Å². The van der Waals surface area contributed by atoms with Crippen LogP contribution >= 0.6 is 23.7 Å². The van der Waals surface area contributed by atoms with E-state index < -0.39 is 0 Å². The SMILES string of the molecule is CC(CN)CNC(=O)C1CCCN1C(=O)c1cccs1.Cl. The van der Waals surface area contributed by atoms with E-state index in [0.717, 1.165) is 12.8 Å². The lowest BCUT2D eigenvalue weighted by Gasteiger charge is -2.24. The molecule has 0 radical (unpaired) electrons. The summed E-state index contributed by atoms with van der Waals surface area (Å²) in [6.45, 7) is 3.75. The molecule has 2 heterocycles. The Labute approximate surface area is 135 Å². The highest BCUT2D eigenvalue weighted by atomic mass is 35.5. The number of nitrogens with one attached hydrogen (secondary N) is 1. The van der Waals surface area contributed by atoms with Gasteiger partial charge in [-0.15, -0.1) is 23.7 Å². The fourth-order valence-electron chi connectivity index (χ4n) is 2.30. The number of carbonyl (C=O) groups excluding carboxylic acids is 2. The van der Waals surface area contributed by atoms with E-state index in [4.69, 9.17) is 5.73 Å². The number of hydrogen-bond acceptors (Lipinski definition) is 4. The van der Waals surface area contributed by atoms with E-state index in [1.54, 1.807) is 11.0 Å². The van der Waals surface area contributed by atoms with E-state index in [1.807, 2.05) is 18.4 Å². The first kappa shape index (κ1) is 17.9. The van der Waals surface area contributed by atoms with Gasteiger partial charge < -0.3 is 16.0 Å². The summed E-state index contributed by atoms with van der Waals surface area (Å²) in [4.78, 5) is 26.9. The number of thiophene rings is 1. The van der Waals surface area contributed by atoms with Gasteiger partial charge >= 0.3 is 0 Å². The topological polar surface area (TPSA) is 75.4 Å². The lowest BCUT2D eigenvalue weighted by Crippen LogP contribution is -2.47. The predicted octanol–water partition coefficient (Wildman–Crippen LogP) is 1.49. The second-order valence-corrected chi connectivity index (χ2v) is 6.17. The van der Waals surface area contributed by atoms with Gasteiger partial charge in [0.2, 0.25) is 5.91 Å². The smallest absolute Gasteiger partial charge is 0.264 e. The summed E-state index contributed by atoms with van der Waals surface area (Å²) in [5.74, 6) is 0.152. The van der Waals surface area contributed by atoms with E-state index in [2.05, 4.69) is 5.32 Å². The van der Waals surface area contributed by atoms with Crippen molar-refractivity contribution in [3.05, 3.63) is 22.4 Å². The van der Waals surface area contributed by atoms with E-state index in [9.17, 15) is 9.59 Å². The highest BCUT2D eigenvalue weighted by Crippen LogP contribution is 2.22. The molecule has 0 bridgehead atoms. The van der Waals surface area contributed by atoms with Crippen LogP contribution in [0, 0.1) is 5.92 Å². The first-order valence-electron chi connectivity index (χ1n) is 6.95. The van der Waals surface area contributed by atoms with Gasteiger partial charge in [0.1, 0.15) is 6.04 Å². The van der Waals surface area contributed by atoms with Crippen molar-refractivity contribution in [1.29, 1.82) is 0 Å². The van der Waals surface area contributed by atoms with Crippen LogP contribution in [0.4, 0.5) is 0 Å². The molecule has 0 aromatic carbocycles. The zero-order chi connectivity index (χ0) is 14.5. The van der Waals surface area contributed by atoms with Crippen molar-refractivity contribution in [2.75, 3.05) is 19.6 Å². The van der Waals surface area contributed by atoms with Crippen molar-refractivity contribution < 1.29 is 9.59 Å². The van der Waals surface area contributed by atoms with E-state index in [0.29, 0.717) is 24.5 Å². The van der Waals surface area contributed by atoms with Crippen molar-refractivity contribution in [3.8, 4) is 0 Å². The number of nitrogens with zero attached hydrogens (tertiary/aromatic N) is 1. The average Bonchev–Trinajstić information content (AvgIpc) is 3.13. The Morgan fingerprint density at radius 2 is 2.33 bits per heavy atom. The minimum Gasteiger partial charge on any atom is -0.354 e. The van der Waals surface area contributed by atoms with Crippen molar-refractivity contribution in [3.63, 3.8) is 0 Å². The van der Waals surface area contributed by atoms with Crippen LogP contribution in [0.3, 0.4) is 0 Å². The molecule has 1 aromatic heterocycles. The number of halogens is 1. The summed E-state index contributed by atoms with van der Waals surface area (Å²) >= 11 is 1.41. The predicted molar refractivity (Wildman–Crippen MR) is 86.9 cm³/mol. The molecule has 1 saturated heterocycles. The lowest BCUT2D eigenvalue weighted by molar-refractivity contribution is -0.125. The zero-order valence-electron chi connectivity index (χ0n) is 12.1. The Balaban J connectivity index is 0.00000220. The molecule has 1 aromatic rings. The molecular weight excluding hydrogens is 310 g/mol. The molecule has 0 aliphatic carbocycles. The van der Waals surface area contributed by atoms with E-state index in [-0.39, 0.29) is 36.2 Å². The molecule has 3 N–H and O–H groups in total. The number of carbonyl (C=O) groups is 2. The quantitative estimate of drug-likeness (QED) is 0.858. The van der Waals surface area contributed by atoms with Crippen molar-refractivity contribution in [2.45, 2.75) is 25.8 Å². The van der Waals surface area contributed by atoms with Crippen LogP contribution in [-0.2, 0) is 4.79 Å². The van der Waals surface area contributed by atoms with Crippen molar-refractivity contribution in [2.24, 2.45) is 11.7 Å². The molecule has 2 amide bonds. The average molecular weight is 332 g/mol. The van der Waals surface area contributed by atoms with Gasteiger partial charge in [-0.1, -0.05) is 13.0 Å². The molecule has 0 spiro atoms. The lowest BCUT2D eigenvalue weighted by atomic mass is 10.1. The number of nitrogens with two attached hydrogens (primary N) is 1. The summed E-state index contributed by atoms with van der Waals surface area (Å²) in [7, 11) is 0. The minimum absolute atomic E-state index is 0. The van der Waals surface area contributed by atoms with Gasteiger partial charge in [0, 0.05) is 13.1 Å². The maximum atomic E-state index is 12.4. The van der Waals surface area contributed by atoms with E-state index >= 15 is 0 Å². The maximum Gasteiger partial charge on any atom is 0.264 e. The van der Waals surface area contributed by atoms with Crippen LogP contribution in [0.1, 0.15) is 29.4 Å². The monoisotopic (exact) mass is 331 g/mol. The Hall–Kier alpha value is -1.11. The molecule has 1 fully saturated rings. The van der Waals surface area contributed by atoms with Gasteiger partial charge in [0.25, 0.3) is 5.91 Å². The van der Waals surface area contributed by atoms with Crippen molar-refractivity contribution >= 4 is 35.6 Å². The molecule has 2 atom stereocenters. The molecule has 118 valence electrons. The van der Waals surface area contributed by atoms with Crippen LogP contribution in [0.2, 0.25) is 0 Å². The van der Waals surface area contributed by atoms with Crippen LogP contribution in [0.5, 0.6) is 0 Å². The minimum atomic E-state index is -0.338. The molecule has 7 heteroatoms. The Morgan fingerprint density at radius 1 is 1.57 bits per heavy atom. The zero-order valence-corrected chi connectivity index (χ0v) is 13.7. The third kappa shape index (κ3) is 4.43. The standard InChI is InChI=1S/C14H21N3O2S.ClH/c1-10(8-15)9-16-13(18)11-4-2-6-17(11)14(19)12-5-3-7-20-12;/h3,5,7,10-11H,2,4,6,8-9,15H2,1H3,(H,16,18);1H. The highest BCUT2D eigenvalue weighted by molar-refractivity contribution is 7.12. The molecule has 2 rings (SSSR count). The van der Waals surface area contributed by atoms with Gasteiger partial charge in [-0.25, -0.2) is 0 Å². The summed E-state index contributed by atoms with van der Waals surface area (Å²) in [5.41, 5.74) is 5.54. The summed E-state index contributed by atoms with van der Waals surface area (Å²) in [6, 6.07) is 3.32. The molecule has 21 heavy (non-hydrogen) atoms. The molecule has 2 unspecified atom stereocenters. The fraction of sp³-hybridized carbons (Fsp3) is 0.571. The highest BCUT2D eigenvalue weighted by Gasteiger charge is 2.34. The van der Waals surface area contributed by atoms with Crippen molar-refractivity contribution in [1.82, 2.24) is 10.2 Å². The number of likely N-dealkylation sites (tertiary alicyclic amines) is 1. The Kier molecular flexibility index (Phi) is 7.14. The van der Waals surface area contributed by atoms with Gasteiger partial charge in [-0.05, 0) is 36.8 Å². The summed E-state index contributed by atoms with van der Waals surface area (Å²) in [6.07, 6.45) is 1.61. The van der Waals surface area contributed by atoms with Crippen LogP contribution in [0.25, 0.3) is 0 Å². The third-order valence-electron chi connectivity index (χ3n) is 3.58. The summed E-state index contributed by atoms with van der Waals surface area (Å²) in [5, 5.41) is 4.77. The second-order valence-electron chi connectivity index (χ2n) is 5.22. The first-order chi connectivity index (χ1) is 9.63. The largest absolute Gasteiger partial charge is 0.354 e. The van der Waals surface area contributed by atoms with Crippen LogP contribution in [-0.4, -0.2) is 42.4 Å². The Bertz CT molecular complexity index is 467. The number of hydrogen-bond donors (Lipinski definition) is 2. The maximum absolute atomic E-state index is 12.4. The fourth-order valence-corrected chi connectivity index (χ4v) is 2.98. The molecule has 1 aliphatic heterocycles. The third-order valence-corrected chi connectivity index (χ3v) is 4.43. The second kappa shape index (κ2) is 8.36. The van der Waals surface area contributed by atoms with Gasteiger partial charge in [-0.2, -0.15) is 0 Å². The molecule has 0 saturated carbocycles. The molecule has 5 nitrogen and oxygen atoms in total. The molecule has 1 aliphatic rings. The van der Waals surface area contributed by atoms with Crippen LogP contribution < -0.4 is 11.1 Å². The Morgan fingerprint density at radius 3 is 2.95 bits per heavy atom. The first-order valence-corrected chi connectivity index (χ1v) is 7.83. The number of rotatable bonds is 5. The molecular formula is C14H22ClN3O2S. The van der Waals surface area contributed by atoms with E-state index in [1.165, 1.54) is 11.3 Å². The number of amides is 2. The van der Waals surface area contributed by atoms with Gasteiger partial charge in [0.05, 0.1) is 4.88 Å². The summed E-state index contributed by atoms with van der Waals surface area (Å²) < 4.78 is 0. The van der Waals surface area contributed by atoms with Gasteiger partial charge in [-0.3, -0.25) is 9.59 Å².